The molecular weight excluding hydrogens is 375 g/mol. The molecule has 2 aromatic rings. The number of benzene rings is 1. The molecule has 0 atom stereocenters. The van der Waals surface area contributed by atoms with Gasteiger partial charge in [-0.25, -0.2) is 4.98 Å². The first kappa shape index (κ1) is 15.8. The van der Waals surface area contributed by atoms with Crippen molar-refractivity contribution in [1.82, 2.24) is 15.2 Å². The van der Waals surface area contributed by atoms with Gasteiger partial charge in [-0.3, -0.25) is 9.89 Å². The Morgan fingerprint density at radius 1 is 1.43 bits per heavy atom. The molecule has 1 aromatic carbocycles. The van der Waals surface area contributed by atoms with E-state index in [1.54, 1.807) is 0 Å². The number of thioether (sulfide) groups is 1. The number of aliphatic carboxylic acids is 1. The molecule has 0 unspecified atom stereocenters. The maximum Gasteiger partial charge on any atom is 0.416 e. The standard InChI is InChI=1S/C11H7BrF3N3O2S/c12-7-2-1-5(11(13,14)15)3-6(7)9-16-10(18-17-9)21-4-8(19)20/h1-3H,4H2,(H,19,20)(H,16,17,18). The molecule has 0 spiro atoms. The minimum absolute atomic E-state index is 0.126. The average molecular weight is 382 g/mol. The van der Waals surface area contributed by atoms with Gasteiger partial charge in [0.25, 0.3) is 0 Å². The van der Waals surface area contributed by atoms with Gasteiger partial charge < -0.3 is 5.11 Å². The second kappa shape index (κ2) is 6.06. The van der Waals surface area contributed by atoms with Crippen molar-refractivity contribution in [1.29, 1.82) is 0 Å². The van der Waals surface area contributed by atoms with Crippen molar-refractivity contribution < 1.29 is 23.1 Å². The van der Waals surface area contributed by atoms with Crippen molar-refractivity contribution in [2.45, 2.75) is 11.3 Å². The fourth-order valence-corrected chi connectivity index (χ4v) is 2.39. The highest BCUT2D eigenvalue weighted by molar-refractivity contribution is 9.10. The summed E-state index contributed by atoms with van der Waals surface area (Å²) in [4.78, 5) is 14.4. The number of carboxylic acid groups (broad SMARTS) is 1. The van der Waals surface area contributed by atoms with E-state index in [9.17, 15) is 18.0 Å². The zero-order valence-corrected chi connectivity index (χ0v) is 12.5. The third-order valence-electron chi connectivity index (χ3n) is 2.34. The molecule has 0 radical (unpaired) electrons. The quantitative estimate of drug-likeness (QED) is 0.793. The molecule has 0 saturated heterocycles. The summed E-state index contributed by atoms with van der Waals surface area (Å²) in [5.41, 5.74) is -0.615. The van der Waals surface area contributed by atoms with Gasteiger partial charge in [-0.1, -0.05) is 27.7 Å². The number of aromatic amines is 1. The van der Waals surface area contributed by atoms with Gasteiger partial charge >= 0.3 is 12.1 Å². The smallest absolute Gasteiger partial charge is 0.416 e. The Balaban J connectivity index is 2.31. The van der Waals surface area contributed by atoms with E-state index in [1.165, 1.54) is 6.07 Å². The van der Waals surface area contributed by atoms with Crippen LogP contribution in [0.4, 0.5) is 13.2 Å². The van der Waals surface area contributed by atoms with Crippen molar-refractivity contribution in [2.75, 3.05) is 5.75 Å². The number of hydrogen-bond donors (Lipinski definition) is 2. The molecule has 10 heteroatoms. The molecule has 0 amide bonds. The lowest BCUT2D eigenvalue weighted by molar-refractivity contribution is -0.137. The number of nitrogens with zero attached hydrogens (tertiary/aromatic N) is 2. The first-order valence-corrected chi connectivity index (χ1v) is 7.19. The molecule has 0 bridgehead atoms. The van der Waals surface area contributed by atoms with Gasteiger partial charge in [0.15, 0.2) is 5.82 Å². The molecular formula is C11H7BrF3N3O2S. The van der Waals surface area contributed by atoms with E-state index in [0.717, 1.165) is 23.9 Å². The lowest BCUT2D eigenvalue weighted by Gasteiger charge is -2.08. The Labute approximate surface area is 129 Å². The summed E-state index contributed by atoms with van der Waals surface area (Å²) in [6.07, 6.45) is -4.46. The molecule has 2 rings (SSSR count). The molecule has 112 valence electrons. The summed E-state index contributed by atoms with van der Waals surface area (Å²) in [6, 6.07) is 3.16. The van der Waals surface area contributed by atoms with Gasteiger partial charge in [-0.05, 0) is 18.2 Å². The van der Waals surface area contributed by atoms with Crippen LogP contribution in [0.3, 0.4) is 0 Å². The number of aromatic nitrogens is 3. The summed E-state index contributed by atoms with van der Waals surface area (Å²) in [5.74, 6) is -1.14. The van der Waals surface area contributed by atoms with Crippen LogP contribution in [-0.2, 0) is 11.0 Å². The van der Waals surface area contributed by atoms with Crippen LogP contribution in [0.5, 0.6) is 0 Å². The third kappa shape index (κ3) is 3.97. The predicted molar refractivity (Wildman–Crippen MR) is 72.9 cm³/mol. The third-order valence-corrected chi connectivity index (χ3v) is 3.86. The number of nitrogens with one attached hydrogen (secondary N) is 1. The molecule has 1 aromatic heterocycles. The van der Waals surface area contributed by atoms with E-state index in [4.69, 9.17) is 5.11 Å². The number of alkyl halides is 3. The summed E-state index contributed by atoms with van der Waals surface area (Å²) in [5, 5.41) is 15.0. The molecule has 21 heavy (non-hydrogen) atoms. The second-order valence-corrected chi connectivity index (χ2v) is 5.64. The number of hydrogen-bond acceptors (Lipinski definition) is 4. The van der Waals surface area contributed by atoms with Crippen molar-refractivity contribution >= 4 is 33.7 Å². The van der Waals surface area contributed by atoms with Gasteiger partial charge in [0.1, 0.15) is 0 Å². The minimum Gasteiger partial charge on any atom is -0.481 e. The number of carboxylic acids is 1. The topological polar surface area (TPSA) is 78.9 Å². The Bertz CT molecular complexity index is 675. The van der Waals surface area contributed by atoms with Gasteiger partial charge in [0.2, 0.25) is 5.16 Å². The fraction of sp³-hybridized carbons (Fsp3) is 0.182. The Kier molecular flexibility index (Phi) is 4.57. The first-order valence-electron chi connectivity index (χ1n) is 5.41. The monoisotopic (exact) mass is 381 g/mol. The number of carbonyl (C=O) groups is 1. The van der Waals surface area contributed by atoms with Crippen LogP contribution in [-0.4, -0.2) is 32.0 Å². The normalized spacial score (nSPS) is 11.6. The van der Waals surface area contributed by atoms with Crippen LogP contribution in [0, 0.1) is 0 Å². The van der Waals surface area contributed by atoms with Gasteiger partial charge in [0, 0.05) is 10.0 Å². The maximum atomic E-state index is 12.7. The molecule has 0 saturated carbocycles. The van der Waals surface area contributed by atoms with Crippen molar-refractivity contribution in [2.24, 2.45) is 0 Å². The van der Waals surface area contributed by atoms with Crippen LogP contribution in [0.1, 0.15) is 5.56 Å². The Morgan fingerprint density at radius 3 is 2.76 bits per heavy atom. The first-order chi connectivity index (χ1) is 9.77. The Morgan fingerprint density at radius 2 is 2.14 bits per heavy atom. The predicted octanol–water partition coefficient (Wildman–Crippen LogP) is 3.43. The van der Waals surface area contributed by atoms with E-state index >= 15 is 0 Å². The van der Waals surface area contributed by atoms with Gasteiger partial charge in [-0.2, -0.15) is 13.2 Å². The second-order valence-electron chi connectivity index (χ2n) is 3.84. The van der Waals surface area contributed by atoms with Crippen LogP contribution in [0.25, 0.3) is 11.4 Å². The molecule has 0 aliphatic heterocycles. The molecule has 0 aliphatic rings. The van der Waals surface area contributed by atoms with Crippen molar-refractivity contribution in [3.8, 4) is 11.4 Å². The summed E-state index contributed by atoms with van der Waals surface area (Å²) >= 11 is 4.02. The SMILES string of the molecule is O=C(O)CSc1n[nH]c(-c2cc(C(F)(F)F)ccc2Br)n1. The summed E-state index contributed by atoms with van der Waals surface area (Å²) in [6.45, 7) is 0. The van der Waals surface area contributed by atoms with E-state index < -0.39 is 17.7 Å². The number of H-pyrrole nitrogens is 1. The van der Waals surface area contributed by atoms with Gasteiger partial charge in [0.05, 0.1) is 11.3 Å². The number of rotatable bonds is 4. The zero-order chi connectivity index (χ0) is 15.6. The van der Waals surface area contributed by atoms with E-state index in [0.29, 0.717) is 4.47 Å². The van der Waals surface area contributed by atoms with E-state index in [1.807, 2.05) is 0 Å². The van der Waals surface area contributed by atoms with Crippen molar-refractivity contribution in [3.63, 3.8) is 0 Å². The maximum absolute atomic E-state index is 12.7. The molecule has 5 nitrogen and oxygen atoms in total. The largest absolute Gasteiger partial charge is 0.481 e. The van der Waals surface area contributed by atoms with Gasteiger partial charge in [-0.15, -0.1) is 5.10 Å². The average Bonchev–Trinajstić information content (AvgIpc) is 2.84. The lowest BCUT2D eigenvalue weighted by atomic mass is 10.1. The van der Waals surface area contributed by atoms with Crippen LogP contribution in [0.15, 0.2) is 27.8 Å². The van der Waals surface area contributed by atoms with Crippen LogP contribution >= 0.6 is 27.7 Å². The minimum atomic E-state index is -4.46. The lowest BCUT2D eigenvalue weighted by Crippen LogP contribution is -2.05. The van der Waals surface area contributed by atoms with Crippen LogP contribution in [0.2, 0.25) is 0 Å². The molecule has 0 aliphatic carbocycles. The fourth-order valence-electron chi connectivity index (χ4n) is 1.44. The van der Waals surface area contributed by atoms with E-state index in [-0.39, 0.29) is 22.3 Å². The zero-order valence-electron chi connectivity index (χ0n) is 10.1. The van der Waals surface area contributed by atoms with Crippen molar-refractivity contribution in [3.05, 3.63) is 28.2 Å². The molecule has 2 N–H and O–H groups in total. The highest BCUT2D eigenvalue weighted by Crippen LogP contribution is 2.35. The summed E-state index contributed by atoms with van der Waals surface area (Å²) < 4.78 is 38.5. The highest BCUT2D eigenvalue weighted by atomic mass is 79.9. The molecule has 0 fully saturated rings. The van der Waals surface area contributed by atoms with Crippen LogP contribution < -0.4 is 0 Å². The Hall–Kier alpha value is -1.55. The van der Waals surface area contributed by atoms with E-state index in [2.05, 4.69) is 31.1 Å². The number of halogens is 4. The highest BCUT2D eigenvalue weighted by Gasteiger charge is 2.31. The summed E-state index contributed by atoms with van der Waals surface area (Å²) in [7, 11) is 0. The molecule has 1 heterocycles.